The lowest BCUT2D eigenvalue weighted by molar-refractivity contribution is -0.121. The van der Waals surface area contributed by atoms with Gasteiger partial charge in [-0.1, -0.05) is 18.2 Å². The molecule has 0 aliphatic carbocycles. The van der Waals surface area contributed by atoms with Gasteiger partial charge in [0.05, 0.1) is 19.9 Å². The number of ether oxygens (including phenoxy) is 2. The molecular weight excluding hydrogens is 440 g/mol. The summed E-state index contributed by atoms with van der Waals surface area (Å²) >= 11 is 1.63. The minimum Gasteiger partial charge on any atom is -0.493 e. The molecule has 33 heavy (non-hydrogen) atoms. The third-order valence-electron chi connectivity index (χ3n) is 5.21. The van der Waals surface area contributed by atoms with Crippen LogP contribution in [0.4, 0.5) is 0 Å². The van der Waals surface area contributed by atoms with E-state index in [9.17, 15) is 9.59 Å². The summed E-state index contributed by atoms with van der Waals surface area (Å²) in [4.78, 5) is 24.9. The summed E-state index contributed by atoms with van der Waals surface area (Å²) in [6, 6.07) is 13.0. The second-order valence-electron chi connectivity index (χ2n) is 7.41. The van der Waals surface area contributed by atoms with Gasteiger partial charge < -0.3 is 14.6 Å². The number of rotatable bonds is 12. The van der Waals surface area contributed by atoms with Gasteiger partial charge in [-0.25, -0.2) is 5.43 Å². The van der Waals surface area contributed by atoms with Crippen LogP contribution in [0.5, 0.6) is 11.5 Å². The van der Waals surface area contributed by atoms with E-state index in [2.05, 4.69) is 10.5 Å². The molecule has 3 aromatic rings. The minimum absolute atomic E-state index is 0.0188. The van der Waals surface area contributed by atoms with E-state index >= 15 is 0 Å². The van der Waals surface area contributed by atoms with Crippen molar-refractivity contribution in [2.75, 3.05) is 20.8 Å². The number of hydrazone groups is 1. The van der Waals surface area contributed by atoms with Gasteiger partial charge in [0.25, 0.3) is 0 Å². The Hall–Kier alpha value is -3.23. The van der Waals surface area contributed by atoms with Gasteiger partial charge in [-0.05, 0) is 43.5 Å². The molecule has 1 amide bonds. The zero-order valence-electron chi connectivity index (χ0n) is 18.8. The van der Waals surface area contributed by atoms with E-state index in [-0.39, 0.29) is 31.1 Å². The number of fused-ring (bicyclic) bond motifs is 1. The van der Waals surface area contributed by atoms with Crippen LogP contribution in [0.25, 0.3) is 10.1 Å². The Labute approximate surface area is 197 Å². The zero-order chi connectivity index (χ0) is 23.6. The lowest BCUT2D eigenvalue weighted by atomic mass is 10.0. The van der Waals surface area contributed by atoms with E-state index in [0.29, 0.717) is 29.9 Å². The van der Waals surface area contributed by atoms with Crippen LogP contribution in [0, 0.1) is 0 Å². The van der Waals surface area contributed by atoms with Crippen molar-refractivity contribution in [2.45, 2.75) is 32.1 Å². The van der Waals surface area contributed by atoms with Crippen molar-refractivity contribution in [3.63, 3.8) is 0 Å². The van der Waals surface area contributed by atoms with E-state index in [0.717, 1.165) is 27.8 Å². The fraction of sp³-hybridized carbons (Fsp3) is 0.320. The maximum Gasteiger partial charge on any atom is 0.240 e. The van der Waals surface area contributed by atoms with Crippen molar-refractivity contribution in [1.82, 2.24) is 5.43 Å². The Morgan fingerprint density at radius 2 is 1.79 bits per heavy atom. The number of thiophene rings is 1. The molecule has 3 rings (SSSR count). The summed E-state index contributed by atoms with van der Waals surface area (Å²) < 4.78 is 11.6. The van der Waals surface area contributed by atoms with Gasteiger partial charge in [0, 0.05) is 46.0 Å². The maximum atomic E-state index is 12.5. The molecule has 0 saturated carbocycles. The van der Waals surface area contributed by atoms with Crippen LogP contribution >= 0.6 is 11.3 Å². The molecule has 2 aromatic carbocycles. The van der Waals surface area contributed by atoms with Gasteiger partial charge in [0.1, 0.15) is 0 Å². The highest BCUT2D eigenvalue weighted by atomic mass is 32.1. The highest BCUT2D eigenvalue weighted by Gasteiger charge is 2.14. The van der Waals surface area contributed by atoms with Crippen molar-refractivity contribution in [3.05, 3.63) is 59.0 Å². The number of hydrogen-bond acceptors (Lipinski definition) is 7. The number of benzene rings is 2. The monoisotopic (exact) mass is 468 g/mol. The average molecular weight is 469 g/mol. The zero-order valence-corrected chi connectivity index (χ0v) is 19.6. The molecular formula is C25H28N2O5S. The Kier molecular flexibility index (Phi) is 8.97. The first-order valence-corrected chi connectivity index (χ1v) is 11.6. The second-order valence-corrected chi connectivity index (χ2v) is 8.32. The van der Waals surface area contributed by atoms with Crippen LogP contribution in [0.15, 0.2) is 52.9 Å². The van der Waals surface area contributed by atoms with Gasteiger partial charge in [-0.3, -0.25) is 9.59 Å². The summed E-state index contributed by atoms with van der Waals surface area (Å²) in [6.07, 6.45) is 2.12. The van der Waals surface area contributed by atoms with E-state index < -0.39 is 0 Å². The Morgan fingerprint density at radius 1 is 1.00 bits per heavy atom. The topological polar surface area (TPSA) is 97.2 Å². The number of unbranched alkanes of at least 4 members (excludes halogenated alkanes) is 1. The third kappa shape index (κ3) is 6.40. The molecule has 0 saturated heterocycles. The van der Waals surface area contributed by atoms with E-state index in [1.165, 1.54) is 14.2 Å². The summed E-state index contributed by atoms with van der Waals surface area (Å²) in [7, 11) is 3.04. The van der Waals surface area contributed by atoms with Crippen LogP contribution in [0.3, 0.4) is 0 Å². The number of nitrogens with one attached hydrogen (secondary N) is 1. The quantitative estimate of drug-likeness (QED) is 0.176. The number of ketones is 1. The van der Waals surface area contributed by atoms with Crippen LogP contribution in [0.2, 0.25) is 0 Å². The Bertz CT molecular complexity index is 1140. The first-order chi connectivity index (χ1) is 16.1. The second kappa shape index (κ2) is 12.1. The molecule has 174 valence electrons. The van der Waals surface area contributed by atoms with Crippen LogP contribution in [0.1, 0.15) is 48.0 Å². The largest absolute Gasteiger partial charge is 0.493 e. The Balaban J connectivity index is 1.65. The first kappa shape index (κ1) is 24.4. The van der Waals surface area contributed by atoms with Crippen molar-refractivity contribution >= 4 is 38.8 Å². The number of carbonyl (C=O) groups excluding carboxylic acids is 2. The van der Waals surface area contributed by atoms with E-state index in [1.807, 2.05) is 29.6 Å². The molecule has 0 fully saturated rings. The molecule has 2 N–H and O–H groups in total. The normalized spacial score (nSPS) is 11.4. The molecule has 7 nitrogen and oxygen atoms in total. The van der Waals surface area contributed by atoms with Crippen LogP contribution in [-0.4, -0.2) is 43.3 Å². The number of aliphatic hydroxyl groups excluding tert-OH is 1. The highest BCUT2D eigenvalue weighted by Crippen LogP contribution is 2.29. The van der Waals surface area contributed by atoms with Gasteiger partial charge in [0.2, 0.25) is 5.91 Å². The molecule has 8 heteroatoms. The summed E-state index contributed by atoms with van der Waals surface area (Å²) in [5.41, 5.74) is 4.81. The molecule has 0 unspecified atom stereocenters. The van der Waals surface area contributed by atoms with Gasteiger partial charge in [-0.2, -0.15) is 5.10 Å². The molecule has 0 spiro atoms. The van der Waals surface area contributed by atoms with E-state index in [1.54, 1.807) is 29.5 Å². The third-order valence-corrected chi connectivity index (χ3v) is 6.18. The maximum absolute atomic E-state index is 12.5. The SMILES string of the molecule is COc1ccc(C(=O)CCC(=O)N/N=C(\CCCCO)c2csc3ccccc23)cc1OC. The Morgan fingerprint density at radius 3 is 2.55 bits per heavy atom. The molecule has 1 heterocycles. The smallest absolute Gasteiger partial charge is 0.240 e. The van der Waals surface area contributed by atoms with Crippen molar-refractivity contribution < 1.29 is 24.2 Å². The number of methoxy groups -OCH3 is 2. The standard InChI is InChI=1S/C25H28N2O5S/c1-31-22-12-10-17(15-23(22)32-2)21(29)11-13-25(30)27-26-20(8-5-6-14-28)19-16-33-24-9-4-3-7-18(19)24/h3-4,7,9-10,12,15-16,28H,5-6,8,11,13-14H2,1-2H3,(H,27,30)/b26-20+. The summed E-state index contributed by atoms with van der Waals surface area (Å²) in [5.74, 6) is 0.508. The summed E-state index contributed by atoms with van der Waals surface area (Å²) in [6.45, 7) is 0.113. The van der Waals surface area contributed by atoms with Crippen molar-refractivity contribution in [2.24, 2.45) is 5.10 Å². The van der Waals surface area contributed by atoms with Gasteiger partial charge in [0.15, 0.2) is 17.3 Å². The van der Waals surface area contributed by atoms with Crippen molar-refractivity contribution in [1.29, 1.82) is 0 Å². The van der Waals surface area contributed by atoms with Crippen LogP contribution in [-0.2, 0) is 4.79 Å². The number of hydrogen-bond donors (Lipinski definition) is 2. The molecule has 0 aliphatic heterocycles. The number of carbonyl (C=O) groups is 2. The average Bonchev–Trinajstić information content (AvgIpc) is 3.28. The highest BCUT2D eigenvalue weighted by molar-refractivity contribution is 7.17. The molecule has 0 atom stereocenters. The minimum atomic E-state index is -0.331. The number of nitrogens with zero attached hydrogens (tertiary/aromatic N) is 1. The lowest BCUT2D eigenvalue weighted by Crippen LogP contribution is -2.21. The van der Waals surface area contributed by atoms with Gasteiger partial charge in [-0.15, -0.1) is 11.3 Å². The predicted molar refractivity (Wildman–Crippen MR) is 131 cm³/mol. The molecule has 0 radical (unpaired) electrons. The molecule has 0 aliphatic rings. The molecule has 1 aromatic heterocycles. The fourth-order valence-corrected chi connectivity index (χ4v) is 4.39. The predicted octanol–water partition coefficient (Wildman–Crippen LogP) is 4.56. The van der Waals surface area contributed by atoms with Gasteiger partial charge >= 0.3 is 0 Å². The number of amides is 1. The summed E-state index contributed by atoms with van der Waals surface area (Å²) in [5, 5.41) is 16.6. The molecule has 0 bridgehead atoms. The lowest BCUT2D eigenvalue weighted by Gasteiger charge is -2.09. The van der Waals surface area contributed by atoms with E-state index in [4.69, 9.17) is 14.6 Å². The fourth-order valence-electron chi connectivity index (χ4n) is 3.42. The number of aliphatic hydroxyl groups is 1. The number of Topliss-reactive ketones (excluding diaryl/α,β-unsaturated/α-hetero) is 1. The van der Waals surface area contributed by atoms with Crippen LogP contribution < -0.4 is 14.9 Å². The first-order valence-electron chi connectivity index (χ1n) is 10.8. The van der Waals surface area contributed by atoms with Crippen molar-refractivity contribution in [3.8, 4) is 11.5 Å².